The van der Waals surface area contributed by atoms with Gasteiger partial charge in [-0.2, -0.15) is 15.0 Å². The molecular weight excluding hydrogens is 871 g/mol. The molecule has 16 rings (SSSR count). The van der Waals surface area contributed by atoms with Gasteiger partial charge in [0, 0.05) is 70.8 Å². The van der Waals surface area contributed by atoms with Gasteiger partial charge in [-0.05, 0) is 72.8 Å². The Hall–Kier alpha value is -9.79. The van der Waals surface area contributed by atoms with E-state index in [1.165, 1.54) is 10.8 Å². The maximum atomic E-state index is 6.30. The number of furan rings is 1. The van der Waals surface area contributed by atoms with E-state index in [1.54, 1.807) is 0 Å². The van der Waals surface area contributed by atoms with Gasteiger partial charge in [-0.25, -0.2) is 0 Å². The van der Waals surface area contributed by atoms with Crippen molar-refractivity contribution in [2.75, 3.05) is 0 Å². The minimum atomic E-state index is 0.529. The van der Waals surface area contributed by atoms with Gasteiger partial charge in [-0.3, -0.25) is 9.13 Å². The zero-order valence-electron chi connectivity index (χ0n) is 37.9. The Balaban J connectivity index is 1.02. The second-order valence-corrected chi connectivity index (χ2v) is 18.4. The SMILES string of the molecule is c1ccc(-c2nc(-n3c4ccccc4c4c3ccc3c5ccccc5n(-c5ccccc5)c34)nc(-n3c4ccccc4c4ccc5c(c6ccccc6n5-c5ccc6oc7ccccc7c6c5)c43)n2)cc1. The molecule has 0 fully saturated rings. The minimum Gasteiger partial charge on any atom is -0.456 e. The molecule has 10 aromatic carbocycles. The number of benzene rings is 10. The standard InChI is InChI=1S/C63H37N7O/c1-3-17-38(18-4-1)61-64-62(69-52-29-15-10-25-47(52)58-54(69)35-33-44-41-21-7-12-26-49(41)68(59(44)58)39-19-5-2-6-20-39)66-63(65-61)70-50-27-13-8-22-42(50)45-32-34-53-57(60(45)70)46-24-9-14-28-51(46)67(53)40-31-36-56-48(37-40)43-23-11-16-30-55(43)71-56/h1-37H. The first kappa shape index (κ1) is 38.2. The Kier molecular flexibility index (Phi) is 7.73. The molecule has 0 bridgehead atoms. The van der Waals surface area contributed by atoms with Gasteiger partial charge in [0.15, 0.2) is 5.82 Å². The molecule has 0 atom stereocenters. The van der Waals surface area contributed by atoms with Gasteiger partial charge in [-0.15, -0.1) is 0 Å². The number of hydrogen-bond acceptors (Lipinski definition) is 4. The lowest BCUT2D eigenvalue weighted by Gasteiger charge is -2.13. The van der Waals surface area contributed by atoms with Crippen LogP contribution in [-0.4, -0.2) is 33.2 Å². The van der Waals surface area contributed by atoms with E-state index in [1.807, 2.05) is 30.3 Å². The second-order valence-electron chi connectivity index (χ2n) is 18.4. The van der Waals surface area contributed by atoms with Gasteiger partial charge >= 0.3 is 0 Å². The fourth-order valence-corrected chi connectivity index (χ4v) is 11.7. The summed E-state index contributed by atoms with van der Waals surface area (Å²) in [5, 5.41) is 11.3. The molecule has 6 aromatic heterocycles. The summed E-state index contributed by atoms with van der Waals surface area (Å²) < 4.78 is 15.6. The van der Waals surface area contributed by atoms with Crippen LogP contribution >= 0.6 is 0 Å². The van der Waals surface area contributed by atoms with E-state index in [2.05, 4.69) is 212 Å². The number of nitrogens with zero attached hydrogens (tertiary/aromatic N) is 7. The number of aromatic nitrogens is 7. The summed E-state index contributed by atoms with van der Waals surface area (Å²) in [4.78, 5) is 16.5. The molecule has 0 aliphatic rings. The van der Waals surface area contributed by atoms with Crippen LogP contribution in [0.1, 0.15) is 0 Å². The number of para-hydroxylation sites is 6. The predicted octanol–water partition coefficient (Wildman–Crippen LogP) is 15.8. The molecule has 8 heteroatoms. The lowest BCUT2D eigenvalue weighted by molar-refractivity contribution is 0.669. The maximum Gasteiger partial charge on any atom is 0.240 e. The van der Waals surface area contributed by atoms with Gasteiger partial charge < -0.3 is 13.6 Å². The van der Waals surface area contributed by atoms with Crippen molar-refractivity contribution in [2.24, 2.45) is 0 Å². The first-order valence-electron chi connectivity index (χ1n) is 24.0. The zero-order valence-corrected chi connectivity index (χ0v) is 37.9. The second kappa shape index (κ2) is 14.4. The van der Waals surface area contributed by atoms with Crippen LogP contribution in [-0.2, 0) is 0 Å². The highest BCUT2D eigenvalue weighted by molar-refractivity contribution is 6.27. The molecule has 0 saturated carbocycles. The molecule has 330 valence electrons. The molecule has 0 radical (unpaired) electrons. The third-order valence-electron chi connectivity index (χ3n) is 14.6. The summed E-state index contributed by atoms with van der Waals surface area (Å²) in [5.41, 5.74) is 13.3. The Morgan fingerprint density at radius 1 is 0.282 bits per heavy atom. The molecular formula is C63H37N7O. The largest absolute Gasteiger partial charge is 0.456 e. The quantitative estimate of drug-likeness (QED) is 0.172. The van der Waals surface area contributed by atoms with E-state index in [0.717, 1.165) is 115 Å². The summed E-state index contributed by atoms with van der Waals surface area (Å²) in [5.74, 6) is 1.64. The van der Waals surface area contributed by atoms with Crippen molar-refractivity contribution in [1.29, 1.82) is 0 Å². The fourth-order valence-electron chi connectivity index (χ4n) is 11.7. The zero-order chi connectivity index (χ0) is 46.3. The summed E-state index contributed by atoms with van der Waals surface area (Å²) in [6, 6.07) is 79.5. The van der Waals surface area contributed by atoms with E-state index in [-0.39, 0.29) is 0 Å². The molecule has 8 nitrogen and oxygen atoms in total. The maximum absolute atomic E-state index is 6.30. The van der Waals surface area contributed by atoms with Crippen molar-refractivity contribution < 1.29 is 4.42 Å². The summed E-state index contributed by atoms with van der Waals surface area (Å²) in [6.45, 7) is 0. The number of fused-ring (bicyclic) bond motifs is 17. The van der Waals surface area contributed by atoms with Crippen LogP contribution in [0, 0.1) is 0 Å². The highest BCUT2D eigenvalue weighted by atomic mass is 16.3. The summed E-state index contributed by atoms with van der Waals surface area (Å²) >= 11 is 0. The smallest absolute Gasteiger partial charge is 0.240 e. The Bertz CT molecular complexity index is 4880. The van der Waals surface area contributed by atoms with Crippen molar-refractivity contribution in [2.45, 2.75) is 0 Å². The Labute approximate surface area is 404 Å². The van der Waals surface area contributed by atoms with Gasteiger partial charge in [-0.1, -0.05) is 152 Å². The van der Waals surface area contributed by atoms with Crippen LogP contribution in [0.2, 0.25) is 0 Å². The molecule has 6 heterocycles. The van der Waals surface area contributed by atoms with E-state index in [9.17, 15) is 0 Å². The molecule has 0 aliphatic carbocycles. The topological polar surface area (TPSA) is 71.5 Å². The van der Waals surface area contributed by atoms with Crippen molar-refractivity contribution in [3.63, 3.8) is 0 Å². The molecule has 0 unspecified atom stereocenters. The molecule has 0 N–H and O–H groups in total. The molecule has 16 aromatic rings. The number of rotatable bonds is 5. The molecule has 0 spiro atoms. The van der Waals surface area contributed by atoms with Crippen LogP contribution in [0.25, 0.3) is 144 Å². The van der Waals surface area contributed by atoms with Crippen LogP contribution in [0.3, 0.4) is 0 Å². The lowest BCUT2D eigenvalue weighted by Crippen LogP contribution is -2.10. The van der Waals surface area contributed by atoms with Gasteiger partial charge in [0.05, 0.1) is 44.1 Å². The average Bonchev–Trinajstić information content (AvgIpc) is 4.24. The fraction of sp³-hybridized carbons (Fsp3) is 0. The van der Waals surface area contributed by atoms with E-state index < -0.39 is 0 Å². The summed E-state index contributed by atoms with van der Waals surface area (Å²) in [6.07, 6.45) is 0. The molecule has 71 heavy (non-hydrogen) atoms. The highest BCUT2D eigenvalue weighted by Crippen LogP contribution is 2.45. The average molecular weight is 908 g/mol. The third-order valence-corrected chi connectivity index (χ3v) is 14.6. The van der Waals surface area contributed by atoms with Gasteiger partial charge in [0.1, 0.15) is 11.2 Å². The van der Waals surface area contributed by atoms with Crippen LogP contribution in [0.5, 0.6) is 0 Å². The first-order valence-corrected chi connectivity index (χ1v) is 24.0. The predicted molar refractivity (Wildman–Crippen MR) is 290 cm³/mol. The van der Waals surface area contributed by atoms with E-state index >= 15 is 0 Å². The third kappa shape index (κ3) is 5.30. The van der Waals surface area contributed by atoms with Crippen LogP contribution in [0.15, 0.2) is 229 Å². The Morgan fingerprint density at radius 2 is 0.761 bits per heavy atom. The van der Waals surface area contributed by atoms with Crippen molar-refractivity contribution in [1.82, 2.24) is 33.2 Å². The summed E-state index contributed by atoms with van der Waals surface area (Å²) in [7, 11) is 0. The van der Waals surface area contributed by atoms with E-state index in [0.29, 0.717) is 17.7 Å². The van der Waals surface area contributed by atoms with Crippen LogP contribution in [0.4, 0.5) is 0 Å². The normalized spacial score (nSPS) is 12.2. The van der Waals surface area contributed by atoms with Crippen LogP contribution < -0.4 is 0 Å². The monoisotopic (exact) mass is 907 g/mol. The van der Waals surface area contributed by atoms with Gasteiger partial charge in [0.25, 0.3) is 0 Å². The molecule has 0 amide bonds. The Morgan fingerprint density at radius 3 is 1.42 bits per heavy atom. The lowest BCUT2D eigenvalue weighted by atomic mass is 10.1. The molecule has 0 aliphatic heterocycles. The van der Waals surface area contributed by atoms with E-state index in [4.69, 9.17) is 19.4 Å². The first-order chi connectivity index (χ1) is 35.2. The van der Waals surface area contributed by atoms with Gasteiger partial charge in [0.2, 0.25) is 11.9 Å². The van der Waals surface area contributed by atoms with Crippen molar-refractivity contribution >= 4 is 109 Å². The minimum absolute atomic E-state index is 0.529. The highest BCUT2D eigenvalue weighted by Gasteiger charge is 2.26. The van der Waals surface area contributed by atoms with Crippen molar-refractivity contribution in [3.8, 4) is 34.7 Å². The van der Waals surface area contributed by atoms with Crippen molar-refractivity contribution in [3.05, 3.63) is 224 Å². The number of hydrogen-bond donors (Lipinski definition) is 0. The molecule has 0 saturated heterocycles.